The number of carbonyl (C=O) groups is 4. The Morgan fingerprint density at radius 1 is 1.18 bits per heavy atom. The first-order chi connectivity index (χ1) is 13.1. The lowest BCUT2D eigenvalue weighted by Gasteiger charge is -2.13. The molecule has 0 spiro atoms. The average molecular weight is 451 g/mol. The van der Waals surface area contributed by atoms with E-state index in [1.165, 1.54) is 13.8 Å². The van der Waals surface area contributed by atoms with E-state index in [2.05, 4.69) is 15.9 Å². The van der Waals surface area contributed by atoms with Crippen LogP contribution in [0.2, 0.25) is 0 Å². The molecule has 0 saturated carbocycles. The highest BCUT2D eigenvalue weighted by Crippen LogP contribution is 2.26. The van der Waals surface area contributed by atoms with Crippen LogP contribution in [0.1, 0.15) is 47.4 Å². The molecule has 8 nitrogen and oxygen atoms in total. The molecular weight excluding hydrogens is 432 g/mol. The van der Waals surface area contributed by atoms with Gasteiger partial charge in [0, 0.05) is 23.1 Å². The van der Waals surface area contributed by atoms with E-state index in [1.54, 1.807) is 18.2 Å². The molecule has 0 bridgehead atoms. The van der Waals surface area contributed by atoms with Crippen molar-refractivity contribution in [2.24, 2.45) is 0 Å². The number of nitrogens with one attached hydrogen (secondary N) is 1. The summed E-state index contributed by atoms with van der Waals surface area (Å²) in [6, 6.07) is 4.83. The van der Waals surface area contributed by atoms with Crippen molar-refractivity contribution in [1.29, 1.82) is 5.41 Å². The van der Waals surface area contributed by atoms with Gasteiger partial charge in [-0.2, -0.15) is 0 Å². The lowest BCUT2D eigenvalue weighted by Crippen LogP contribution is -2.31. The maximum Gasteiger partial charge on any atom is 0.306 e. The first kappa shape index (κ1) is 21.5. The number of allylic oxidation sites excluding steroid dienone is 1. The fourth-order valence-electron chi connectivity index (χ4n) is 2.82. The number of ketones is 1. The molecule has 2 N–H and O–H groups in total. The highest BCUT2D eigenvalue weighted by molar-refractivity contribution is 9.10. The number of nitrogens with zero attached hydrogens (tertiary/aromatic N) is 1. The van der Waals surface area contributed by atoms with Gasteiger partial charge in [-0.1, -0.05) is 15.9 Å². The summed E-state index contributed by atoms with van der Waals surface area (Å²) >= 11 is 3.26. The van der Waals surface area contributed by atoms with Crippen LogP contribution in [0.4, 0.5) is 0 Å². The van der Waals surface area contributed by atoms with Gasteiger partial charge in [0.2, 0.25) is 0 Å². The normalized spacial score (nSPS) is 13.9. The fraction of sp³-hybridized carbons (Fsp3) is 0.316. The Bertz CT molecular complexity index is 890. The zero-order chi connectivity index (χ0) is 21.0. The largest absolute Gasteiger partial charge is 0.508 e. The van der Waals surface area contributed by atoms with Crippen molar-refractivity contribution in [3.63, 3.8) is 0 Å². The molecule has 1 aromatic rings. The molecule has 2 rings (SSSR count). The molecule has 0 saturated heterocycles. The molecule has 1 heterocycles. The number of hydrogen-bond acceptors (Lipinski definition) is 7. The Hall–Kier alpha value is -2.81. The zero-order valence-electron chi connectivity index (χ0n) is 15.4. The number of fused-ring (bicyclic) bond motifs is 1. The van der Waals surface area contributed by atoms with Crippen LogP contribution in [0.25, 0.3) is 0 Å². The number of esters is 1. The van der Waals surface area contributed by atoms with E-state index in [0.717, 1.165) is 4.90 Å². The van der Waals surface area contributed by atoms with E-state index in [1.807, 2.05) is 0 Å². The van der Waals surface area contributed by atoms with Gasteiger partial charge < -0.3 is 15.3 Å². The molecule has 148 valence electrons. The molecule has 0 unspecified atom stereocenters. The summed E-state index contributed by atoms with van der Waals surface area (Å²) in [5.41, 5.74) is 0.323. The van der Waals surface area contributed by atoms with Crippen molar-refractivity contribution in [2.45, 2.75) is 26.7 Å². The van der Waals surface area contributed by atoms with Crippen LogP contribution in [0.3, 0.4) is 0 Å². The quantitative estimate of drug-likeness (QED) is 0.206. The summed E-state index contributed by atoms with van der Waals surface area (Å²) in [4.78, 5) is 48.9. The number of Topliss-reactive ketones (excluding diaryl/α,β-unsaturated/α-hetero) is 1. The minimum atomic E-state index is -0.656. The van der Waals surface area contributed by atoms with Gasteiger partial charge >= 0.3 is 5.97 Å². The van der Waals surface area contributed by atoms with Crippen LogP contribution >= 0.6 is 15.9 Å². The van der Waals surface area contributed by atoms with Crippen molar-refractivity contribution < 1.29 is 29.0 Å². The van der Waals surface area contributed by atoms with Crippen molar-refractivity contribution in [1.82, 2.24) is 4.90 Å². The summed E-state index contributed by atoms with van der Waals surface area (Å²) < 4.78 is 5.58. The molecule has 2 amide bonds. The van der Waals surface area contributed by atoms with Crippen LogP contribution in [-0.4, -0.2) is 52.4 Å². The number of carbonyl (C=O) groups excluding carboxylic acids is 4. The Morgan fingerprint density at radius 2 is 1.82 bits per heavy atom. The van der Waals surface area contributed by atoms with E-state index >= 15 is 0 Å². The second-order valence-corrected chi connectivity index (χ2v) is 7.13. The number of benzene rings is 1. The third kappa shape index (κ3) is 4.72. The minimum absolute atomic E-state index is 0.0548. The van der Waals surface area contributed by atoms with Gasteiger partial charge in [0.1, 0.15) is 12.4 Å². The lowest BCUT2D eigenvalue weighted by molar-refractivity contribution is -0.143. The van der Waals surface area contributed by atoms with Crippen molar-refractivity contribution in [2.75, 3.05) is 13.2 Å². The third-order valence-corrected chi connectivity index (χ3v) is 4.57. The predicted molar refractivity (Wildman–Crippen MR) is 103 cm³/mol. The van der Waals surface area contributed by atoms with Crippen LogP contribution in [0.5, 0.6) is 0 Å². The standard InChI is InChI=1S/C19H19BrN2O6/c1-10(21)17(11(2)23)15(24)9-28-16(25)4-3-7-22-18(26)13-6-5-12(20)8-14(13)19(22)27/h5-6,8,21,24H,3-4,7,9H2,1-2H3/b17-15+,21-10?. The number of hydrogen-bond donors (Lipinski definition) is 2. The second-order valence-electron chi connectivity index (χ2n) is 6.22. The van der Waals surface area contributed by atoms with Crippen LogP contribution in [0.15, 0.2) is 34.0 Å². The topological polar surface area (TPSA) is 125 Å². The van der Waals surface area contributed by atoms with Crippen LogP contribution in [-0.2, 0) is 14.3 Å². The van der Waals surface area contributed by atoms with Crippen molar-refractivity contribution in [3.05, 3.63) is 45.1 Å². The molecule has 0 aliphatic carbocycles. The molecule has 1 aromatic carbocycles. The van der Waals surface area contributed by atoms with Crippen molar-refractivity contribution in [3.8, 4) is 0 Å². The van der Waals surface area contributed by atoms with Crippen molar-refractivity contribution >= 4 is 45.2 Å². The van der Waals surface area contributed by atoms with E-state index in [9.17, 15) is 24.3 Å². The summed E-state index contributed by atoms with van der Waals surface area (Å²) in [7, 11) is 0. The Kier molecular flexibility index (Phi) is 6.85. The summed E-state index contributed by atoms with van der Waals surface area (Å²) in [6.45, 7) is 2.08. The summed E-state index contributed by atoms with van der Waals surface area (Å²) in [5.74, 6) is -2.47. The highest BCUT2D eigenvalue weighted by atomic mass is 79.9. The van der Waals surface area contributed by atoms with Crippen LogP contribution in [0, 0.1) is 5.41 Å². The molecule has 9 heteroatoms. The smallest absolute Gasteiger partial charge is 0.306 e. The molecular formula is C19H19BrN2O6. The SMILES string of the molecule is CC(=N)/C(C(C)=O)=C(\O)COC(=O)CCCN1C(=O)c2ccc(Br)cc2C1=O. The molecule has 0 radical (unpaired) electrons. The van der Waals surface area contributed by atoms with Gasteiger partial charge in [0.05, 0.1) is 16.7 Å². The van der Waals surface area contributed by atoms with Gasteiger partial charge in [-0.15, -0.1) is 0 Å². The monoisotopic (exact) mass is 450 g/mol. The Morgan fingerprint density at radius 3 is 2.43 bits per heavy atom. The molecule has 0 fully saturated rings. The van der Waals surface area contributed by atoms with Crippen LogP contribution < -0.4 is 0 Å². The summed E-state index contributed by atoms with van der Waals surface area (Å²) in [6.07, 6.45) is 0.114. The molecule has 0 aromatic heterocycles. The number of ether oxygens (including phenoxy) is 1. The van der Waals surface area contributed by atoms with Gasteiger partial charge in [0.15, 0.2) is 5.78 Å². The Labute approximate surface area is 169 Å². The first-order valence-corrected chi connectivity index (χ1v) is 9.22. The molecule has 28 heavy (non-hydrogen) atoms. The van der Waals surface area contributed by atoms with E-state index < -0.39 is 35.9 Å². The van der Waals surface area contributed by atoms with E-state index in [4.69, 9.17) is 10.1 Å². The predicted octanol–water partition coefficient (Wildman–Crippen LogP) is 2.81. The second kappa shape index (κ2) is 8.92. The number of aliphatic hydroxyl groups is 1. The zero-order valence-corrected chi connectivity index (χ0v) is 17.0. The molecule has 1 aliphatic heterocycles. The fourth-order valence-corrected chi connectivity index (χ4v) is 3.19. The minimum Gasteiger partial charge on any atom is -0.508 e. The molecule has 0 atom stereocenters. The summed E-state index contributed by atoms with van der Waals surface area (Å²) in [5, 5.41) is 17.3. The Balaban J connectivity index is 1.87. The highest BCUT2D eigenvalue weighted by Gasteiger charge is 2.35. The number of rotatable bonds is 8. The maximum absolute atomic E-state index is 12.3. The van der Waals surface area contributed by atoms with Gasteiger partial charge in [-0.3, -0.25) is 24.1 Å². The lowest BCUT2D eigenvalue weighted by atomic mass is 10.1. The molecule has 1 aliphatic rings. The maximum atomic E-state index is 12.3. The number of halogens is 1. The first-order valence-electron chi connectivity index (χ1n) is 8.43. The number of aliphatic hydroxyl groups excluding tert-OH is 1. The van der Waals surface area contributed by atoms with Gasteiger partial charge in [-0.25, -0.2) is 0 Å². The number of amides is 2. The van der Waals surface area contributed by atoms with Gasteiger partial charge in [0.25, 0.3) is 11.8 Å². The number of imide groups is 1. The van der Waals surface area contributed by atoms with E-state index in [0.29, 0.717) is 15.6 Å². The van der Waals surface area contributed by atoms with Gasteiger partial charge in [-0.05, 0) is 38.5 Å². The third-order valence-electron chi connectivity index (χ3n) is 4.08. The van der Waals surface area contributed by atoms with E-state index in [-0.39, 0.29) is 30.7 Å². The average Bonchev–Trinajstić information content (AvgIpc) is 2.83.